The van der Waals surface area contributed by atoms with Crippen LogP contribution < -0.4 is 5.69 Å². The topological polar surface area (TPSA) is 75.4 Å². The van der Waals surface area contributed by atoms with Gasteiger partial charge in [-0.1, -0.05) is 0 Å². The standard InChI is InChI=1S/C9H11N3O3/c13-7-4-12(5-7)8(14)6-11-3-1-2-10-9(11)15/h1-3,7,13H,4-6H2. The van der Waals surface area contributed by atoms with Crippen LogP contribution in [0.3, 0.4) is 0 Å². The van der Waals surface area contributed by atoms with Gasteiger partial charge >= 0.3 is 5.69 Å². The minimum atomic E-state index is -0.438. The second-order valence-electron chi connectivity index (χ2n) is 3.48. The van der Waals surface area contributed by atoms with Crippen molar-refractivity contribution >= 4 is 5.91 Å². The maximum atomic E-state index is 11.5. The average molecular weight is 209 g/mol. The van der Waals surface area contributed by atoms with Crippen LogP contribution in [0.15, 0.2) is 23.3 Å². The molecule has 80 valence electrons. The third-order valence-electron chi connectivity index (χ3n) is 2.30. The summed E-state index contributed by atoms with van der Waals surface area (Å²) in [4.78, 5) is 27.7. The van der Waals surface area contributed by atoms with Crippen LogP contribution in [-0.2, 0) is 11.3 Å². The molecule has 6 nitrogen and oxygen atoms in total. The summed E-state index contributed by atoms with van der Waals surface area (Å²) >= 11 is 0. The summed E-state index contributed by atoms with van der Waals surface area (Å²) in [7, 11) is 0. The first kappa shape index (κ1) is 9.85. The highest BCUT2D eigenvalue weighted by Crippen LogP contribution is 2.07. The third-order valence-corrected chi connectivity index (χ3v) is 2.30. The fraction of sp³-hybridized carbons (Fsp3) is 0.444. The van der Waals surface area contributed by atoms with Gasteiger partial charge in [-0.15, -0.1) is 0 Å². The Morgan fingerprint density at radius 3 is 2.93 bits per heavy atom. The van der Waals surface area contributed by atoms with Crippen LogP contribution in [0.2, 0.25) is 0 Å². The summed E-state index contributed by atoms with van der Waals surface area (Å²) in [5.41, 5.74) is -0.438. The highest BCUT2D eigenvalue weighted by atomic mass is 16.3. The Hall–Kier alpha value is -1.69. The minimum absolute atomic E-state index is 0.0145. The van der Waals surface area contributed by atoms with Crippen molar-refractivity contribution in [1.29, 1.82) is 0 Å². The van der Waals surface area contributed by atoms with Crippen molar-refractivity contribution in [3.63, 3.8) is 0 Å². The lowest BCUT2D eigenvalue weighted by Crippen LogP contribution is -2.54. The number of hydrogen-bond acceptors (Lipinski definition) is 4. The zero-order valence-electron chi connectivity index (χ0n) is 8.04. The first-order valence-electron chi connectivity index (χ1n) is 4.64. The Morgan fingerprint density at radius 2 is 2.33 bits per heavy atom. The molecule has 6 heteroatoms. The van der Waals surface area contributed by atoms with Crippen LogP contribution >= 0.6 is 0 Å². The highest BCUT2D eigenvalue weighted by Gasteiger charge is 2.28. The molecule has 1 amide bonds. The molecule has 0 saturated carbocycles. The number of likely N-dealkylation sites (tertiary alicyclic amines) is 1. The molecule has 1 aliphatic heterocycles. The summed E-state index contributed by atoms with van der Waals surface area (Å²) in [5, 5.41) is 9.01. The van der Waals surface area contributed by atoms with E-state index in [0.29, 0.717) is 13.1 Å². The molecule has 1 aliphatic rings. The minimum Gasteiger partial charge on any atom is -0.389 e. The number of aliphatic hydroxyl groups excluding tert-OH is 1. The number of aromatic nitrogens is 2. The second-order valence-corrected chi connectivity index (χ2v) is 3.48. The van der Waals surface area contributed by atoms with Gasteiger partial charge in [-0.05, 0) is 6.07 Å². The molecule has 1 fully saturated rings. The van der Waals surface area contributed by atoms with E-state index < -0.39 is 11.8 Å². The Balaban J connectivity index is 2.01. The molecule has 0 radical (unpaired) electrons. The lowest BCUT2D eigenvalue weighted by molar-refractivity contribution is -0.141. The van der Waals surface area contributed by atoms with Crippen molar-refractivity contribution in [2.75, 3.05) is 13.1 Å². The van der Waals surface area contributed by atoms with Gasteiger partial charge in [0.1, 0.15) is 6.54 Å². The molecule has 0 aliphatic carbocycles. The van der Waals surface area contributed by atoms with Gasteiger partial charge < -0.3 is 10.0 Å². The fourth-order valence-corrected chi connectivity index (χ4v) is 1.41. The number of carbonyl (C=O) groups is 1. The number of nitrogens with zero attached hydrogens (tertiary/aromatic N) is 3. The fourth-order valence-electron chi connectivity index (χ4n) is 1.41. The predicted molar refractivity (Wildman–Crippen MR) is 51.1 cm³/mol. The zero-order valence-corrected chi connectivity index (χ0v) is 8.04. The van der Waals surface area contributed by atoms with Gasteiger partial charge in [-0.3, -0.25) is 9.36 Å². The van der Waals surface area contributed by atoms with Gasteiger partial charge in [-0.25, -0.2) is 9.78 Å². The number of β-amino-alcohol motifs (C(OH)–C–C–N with tert-alkyl or cyclic N) is 1. The van der Waals surface area contributed by atoms with Gasteiger partial charge in [0.2, 0.25) is 5.91 Å². The number of hydrogen-bond donors (Lipinski definition) is 1. The predicted octanol–water partition coefficient (Wildman–Crippen LogP) is -1.55. The van der Waals surface area contributed by atoms with E-state index in [2.05, 4.69) is 4.98 Å². The zero-order chi connectivity index (χ0) is 10.8. The van der Waals surface area contributed by atoms with E-state index in [1.165, 1.54) is 21.9 Å². The Labute approximate surface area is 85.8 Å². The molecule has 2 heterocycles. The van der Waals surface area contributed by atoms with Crippen molar-refractivity contribution < 1.29 is 9.90 Å². The number of amides is 1. The summed E-state index contributed by atoms with van der Waals surface area (Å²) in [6, 6.07) is 1.60. The van der Waals surface area contributed by atoms with E-state index in [-0.39, 0.29) is 12.5 Å². The molecular weight excluding hydrogens is 198 g/mol. The average Bonchev–Trinajstić information content (AvgIpc) is 2.17. The Kier molecular flexibility index (Phi) is 2.51. The van der Waals surface area contributed by atoms with Crippen molar-refractivity contribution in [3.05, 3.63) is 28.9 Å². The number of rotatable bonds is 2. The van der Waals surface area contributed by atoms with Crippen LogP contribution in [0.1, 0.15) is 0 Å². The van der Waals surface area contributed by atoms with E-state index in [0.717, 1.165) is 0 Å². The molecule has 2 rings (SSSR count). The highest BCUT2D eigenvalue weighted by molar-refractivity contribution is 5.76. The molecule has 1 N–H and O–H groups in total. The third kappa shape index (κ3) is 2.04. The van der Waals surface area contributed by atoms with Crippen LogP contribution in [0.4, 0.5) is 0 Å². The number of aliphatic hydroxyl groups is 1. The largest absolute Gasteiger partial charge is 0.389 e. The van der Waals surface area contributed by atoms with Gasteiger partial charge in [0.15, 0.2) is 0 Å². The SMILES string of the molecule is O=C(Cn1cccnc1=O)N1CC(O)C1. The van der Waals surface area contributed by atoms with E-state index in [9.17, 15) is 9.59 Å². The molecule has 0 atom stereocenters. The van der Waals surface area contributed by atoms with Gasteiger partial charge in [0.25, 0.3) is 0 Å². The molecule has 0 aromatic carbocycles. The lowest BCUT2D eigenvalue weighted by Gasteiger charge is -2.35. The summed E-state index contributed by atoms with van der Waals surface area (Å²) in [6.45, 7) is 0.696. The molecule has 0 spiro atoms. The van der Waals surface area contributed by atoms with Gasteiger partial charge in [0, 0.05) is 25.5 Å². The molecule has 1 aromatic heterocycles. The second kappa shape index (κ2) is 3.82. The van der Waals surface area contributed by atoms with Crippen molar-refractivity contribution in [3.8, 4) is 0 Å². The number of carbonyl (C=O) groups excluding carboxylic acids is 1. The molecule has 15 heavy (non-hydrogen) atoms. The maximum absolute atomic E-state index is 11.5. The molecule has 1 aromatic rings. The van der Waals surface area contributed by atoms with E-state index in [4.69, 9.17) is 5.11 Å². The maximum Gasteiger partial charge on any atom is 0.347 e. The lowest BCUT2D eigenvalue weighted by atomic mass is 10.2. The van der Waals surface area contributed by atoms with Crippen LogP contribution in [-0.4, -0.2) is 44.7 Å². The molecule has 0 unspecified atom stereocenters. The Morgan fingerprint density at radius 1 is 1.60 bits per heavy atom. The Bertz CT molecular complexity index is 423. The summed E-state index contributed by atoms with van der Waals surface area (Å²) in [6.07, 6.45) is 2.49. The molecule has 0 bridgehead atoms. The normalized spacial score (nSPS) is 16.2. The molecular formula is C9H11N3O3. The van der Waals surface area contributed by atoms with Crippen molar-refractivity contribution in [2.24, 2.45) is 0 Å². The van der Waals surface area contributed by atoms with Crippen LogP contribution in [0.5, 0.6) is 0 Å². The summed E-state index contributed by atoms with van der Waals surface area (Å²) < 4.78 is 1.24. The first-order chi connectivity index (χ1) is 7.16. The van der Waals surface area contributed by atoms with Gasteiger partial charge in [-0.2, -0.15) is 0 Å². The van der Waals surface area contributed by atoms with Crippen molar-refractivity contribution in [2.45, 2.75) is 12.6 Å². The smallest absolute Gasteiger partial charge is 0.347 e. The monoisotopic (exact) mass is 209 g/mol. The van der Waals surface area contributed by atoms with E-state index in [1.807, 2.05) is 0 Å². The van der Waals surface area contributed by atoms with E-state index in [1.54, 1.807) is 6.07 Å². The first-order valence-corrected chi connectivity index (χ1v) is 4.64. The van der Waals surface area contributed by atoms with E-state index >= 15 is 0 Å². The van der Waals surface area contributed by atoms with Gasteiger partial charge in [0.05, 0.1) is 6.10 Å². The summed E-state index contributed by atoms with van der Waals surface area (Å²) in [5.74, 6) is -0.171. The van der Waals surface area contributed by atoms with Crippen LogP contribution in [0.25, 0.3) is 0 Å². The molecule has 1 saturated heterocycles. The quantitative estimate of drug-likeness (QED) is 0.639. The van der Waals surface area contributed by atoms with Crippen LogP contribution in [0, 0.1) is 0 Å². The van der Waals surface area contributed by atoms with Crippen molar-refractivity contribution in [1.82, 2.24) is 14.5 Å².